The zero-order chi connectivity index (χ0) is 43.4. The number of anilines is 4. The zero-order valence-electron chi connectivity index (χ0n) is 35.4. The van der Waals surface area contributed by atoms with Crippen LogP contribution in [0.5, 0.6) is 0 Å². The van der Waals surface area contributed by atoms with Crippen LogP contribution in [0.15, 0.2) is 56.7 Å². The number of thioether (sulfide) groups is 2. The molecule has 3 N–H and O–H groups in total. The molecule has 1 saturated heterocycles. The van der Waals surface area contributed by atoms with E-state index in [9.17, 15) is 14.7 Å². The number of rotatable bonds is 8. The third-order valence-corrected chi connectivity index (χ3v) is 16.4. The van der Waals surface area contributed by atoms with E-state index in [1.54, 1.807) is 58.9 Å². The summed E-state index contributed by atoms with van der Waals surface area (Å²) >= 11 is 6.73. The maximum Gasteiger partial charge on any atom is 0.306 e. The molecule has 7 heterocycles. The number of hydrogen-bond donors (Lipinski definition) is 3. The van der Waals surface area contributed by atoms with E-state index in [0.717, 1.165) is 103 Å². The van der Waals surface area contributed by atoms with E-state index >= 15 is 0 Å². The van der Waals surface area contributed by atoms with Crippen molar-refractivity contribution < 1.29 is 19.4 Å². The number of aliphatic imine (C=N–C) groups is 2. The molecular formula is C46H47N9O4S4. The van der Waals surface area contributed by atoms with Crippen LogP contribution in [-0.2, 0) is 53.1 Å². The fourth-order valence-electron chi connectivity index (χ4n) is 9.51. The van der Waals surface area contributed by atoms with E-state index in [2.05, 4.69) is 77.3 Å². The van der Waals surface area contributed by atoms with Gasteiger partial charge in [-0.25, -0.2) is 19.9 Å². The first-order valence-electron chi connectivity index (χ1n) is 21.3. The molecule has 4 atom stereocenters. The highest BCUT2D eigenvalue weighted by Crippen LogP contribution is 2.44. The molecular weight excluding hydrogens is 871 g/mol. The fourth-order valence-corrected chi connectivity index (χ4v) is 13.2. The molecule has 2 aliphatic carbocycles. The first kappa shape index (κ1) is 42.0. The number of morpholine rings is 1. The largest absolute Gasteiger partial charge is 0.481 e. The van der Waals surface area contributed by atoms with Crippen LogP contribution in [0, 0.1) is 11.8 Å². The normalized spacial score (nSPS) is 20.8. The Morgan fingerprint density at radius 3 is 1.71 bits per heavy atom. The second kappa shape index (κ2) is 17.6. The number of nitrogens with zero attached hydrogens (tertiary/aromatic N) is 7. The Morgan fingerprint density at radius 2 is 1.22 bits per heavy atom. The number of thiophene rings is 2. The molecule has 0 saturated carbocycles. The van der Waals surface area contributed by atoms with Crippen molar-refractivity contribution in [1.82, 2.24) is 24.8 Å². The first-order chi connectivity index (χ1) is 30.6. The van der Waals surface area contributed by atoms with Gasteiger partial charge in [0.15, 0.2) is 0 Å². The molecule has 63 heavy (non-hydrogen) atoms. The molecule has 0 spiro atoms. The van der Waals surface area contributed by atoms with Crippen LogP contribution < -0.4 is 10.6 Å². The second-order valence-corrected chi connectivity index (χ2v) is 20.6. The molecule has 11 rings (SSSR count). The van der Waals surface area contributed by atoms with Gasteiger partial charge in [0.05, 0.1) is 53.4 Å². The molecule has 2 aromatic carbocycles. The molecule has 0 radical (unpaired) electrons. The Labute approximate surface area is 381 Å². The highest BCUT2D eigenvalue weighted by molar-refractivity contribution is 7.99. The van der Waals surface area contributed by atoms with Crippen LogP contribution in [0.3, 0.4) is 0 Å². The smallest absolute Gasteiger partial charge is 0.306 e. The van der Waals surface area contributed by atoms with Crippen molar-refractivity contribution >= 4 is 114 Å². The van der Waals surface area contributed by atoms with Crippen LogP contribution in [0.1, 0.15) is 69.8 Å². The minimum absolute atomic E-state index is 0.0246. The van der Waals surface area contributed by atoms with Crippen molar-refractivity contribution in [3.63, 3.8) is 0 Å². The Hall–Kier alpha value is -4.94. The SMILES string of the molecule is CSc1cc2c(cc1Nc1ncnc3sc4c(c13)CC[C@H](C(=O)N1C[C@H](C)O[C@@H](C)C1)C4)C=NC2.CSc1cc2c(cc1Nc1ncnc3sc4c(c13)CC[C@H](C(=O)O)C4)C=NC2. The van der Waals surface area contributed by atoms with E-state index < -0.39 is 5.97 Å². The predicted molar refractivity (Wildman–Crippen MR) is 256 cm³/mol. The Bertz CT molecular complexity index is 2850. The van der Waals surface area contributed by atoms with Gasteiger partial charge in [0, 0.05) is 51.0 Å². The van der Waals surface area contributed by atoms with Gasteiger partial charge in [-0.3, -0.25) is 19.6 Å². The van der Waals surface area contributed by atoms with Gasteiger partial charge < -0.3 is 25.4 Å². The summed E-state index contributed by atoms with van der Waals surface area (Å²) in [6.07, 6.45) is 15.9. The van der Waals surface area contributed by atoms with Gasteiger partial charge in [0.25, 0.3) is 0 Å². The lowest BCUT2D eigenvalue weighted by Crippen LogP contribution is -2.50. The fraction of sp³-hybridized carbons (Fsp3) is 0.391. The van der Waals surface area contributed by atoms with Gasteiger partial charge in [0.1, 0.15) is 34.0 Å². The molecule has 0 bridgehead atoms. The van der Waals surface area contributed by atoms with Crippen molar-refractivity contribution in [2.24, 2.45) is 21.8 Å². The van der Waals surface area contributed by atoms with E-state index in [1.165, 1.54) is 32.0 Å². The maximum atomic E-state index is 13.4. The monoisotopic (exact) mass is 917 g/mol. The van der Waals surface area contributed by atoms with Crippen LogP contribution in [-0.4, -0.2) is 92.1 Å². The Morgan fingerprint density at radius 1 is 0.730 bits per heavy atom. The number of carbonyl (C=O) groups excluding carboxylic acids is 1. The lowest BCUT2D eigenvalue weighted by molar-refractivity contribution is -0.147. The Kier molecular flexibility index (Phi) is 11.7. The second-order valence-electron chi connectivity index (χ2n) is 16.7. The molecule has 4 aromatic heterocycles. The third-order valence-electron chi connectivity index (χ3n) is 12.5. The number of ether oxygens (including phenoxy) is 1. The molecule has 0 unspecified atom stereocenters. The van der Waals surface area contributed by atoms with Gasteiger partial charge in [-0.1, -0.05) is 0 Å². The number of amides is 1. The number of carboxylic acids is 1. The van der Waals surface area contributed by atoms with Crippen molar-refractivity contribution in [2.75, 3.05) is 36.2 Å². The van der Waals surface area contributed by atoms with Crippen molar-refractivity contribution in [3.05, 3.63) is 80.1 Å². The van der Waals surface area contributed by atoms with Crippen LogP contribution in [0.25, 0.3) is 20.4 Å². The molecule has 5 aliphatic rings. The number of benzene rings is 2. The van der Waals surface area contributed by atoms with Crippen LogP contribution >= 0.6 is 46.2 Å². The van der Waals surface area contributed by atoms with Gasteiger partial charge in [0.2, 0.25) is 5.91 Å². The van der Waals surface area contributed by atoms with Crippen molar-refractivity contribution in [3.8, 4) is 0 Å². The average Bonchev–Trinajstić information content (AvgIpc) is 4.10. The van der Waals surface area contributed by atoms with Crippen molar-refractivity contribution in [2.45, 2.75) is 87.5 Å². The number of carbonyl (C=O) groups is 2. The quantitative estimate of drug-likeness (QED) is 0.124. The maximum absolute atomic E-state index is 13.4. The number of aliphatic carboxylic acids is 1. The number of carboxylic acid groups (broad SMARTS) is 1. The lowest BCUT2D eigenvalue weighted by atomic mass is 9.86. The molecule has 13 nitrogen and oxygen atoms in total. The molecule has 324 valence electrons. The van der Waals surface area contributed by atoms with E-state index in [4.69, 9.17) is 4.74 Å². The third kappa shape index (κ3) is 8.22. The number of fused-ring (bicyclic) bond motifs is 8. The summed E-state index contributed by atoms with van der Waals surface area (Å²) < 4.78 is 5.83. The summed E-state index contributed by atoms with van der Waals surface area (Å²) in [6, 6.07) is 8.71. The van der Waals surface area contributed by atoms with E-state index in [-0.39, 0.29) is 30.0 Å². The summed E-state index contributed by atoms with van der Waals surface area (Å²) in [5.74, 6) is 0.918. The van der Waals surface area contributed by atoms with Gasteiger partial charge in [-0.05, 0) is 123 Å². The average molecular weight is 918 g/mol. The van der Waals surface area contributed by atoms with Crippen LogP contribution in [0.2, 0.25) is 0 Å². The lowest BCUT2D eigenvalue weighted by Gasteiger charge is -2.37. The van der Waals surface area contributed by atoms with E-state index in [0.29, 0.717) is 25.9 Å². The molecule has 6 aromatic rings. The Balaban J connectivity index is 0.000000153. The summed E-state index contributed by atoms with van der Waals surface area (Å²) in [5.41, 5.74) is 9.38. The van der Waals surface area contributed by atoms with E-state index in [1.807, 2.05) is 31.2 Å². The van der Waals surface area contributed by atoms with Gasteiger partial charge >= 0.3 is 5.97 Å². The van der Waals surface area contributed by atoms with Crippen LogP contribution in [0.4, 0.5) is 23.0 Å². The molecule has 3 aliphatic heterocycles. The molecule has 1 fully saturated rings. The topological polar surface area (TPSA) is 167 Å². The summed E-state index contributed by atoms with van der Waals surface area (Å²) in [5, 5.41) is 18.6. The zero-order valence-corrected chi connectivity index (χ0v) is 38.7. The molecule has 17 heteroatoms. The van der Waals surface area contributed by atoms with Crippen molar-refractivity contribution in [1.29, 1.82) is 0 Å². The number of hydrogen-bond acceptors (Lipinski definition) is 15. The standard InChI is InChI=1S/C26H29N5O2S2.C20H18N4O2S2/c1-14-11-31(12-15(2)33-14)26(32)16-4-5-19-21(7-16)35-25-23(19)24(28-13-29-25)30-20-6-17-9-27-10-18(17)8-22(20)34-3;1-27-16-6-12-8-21-7-11(12)4-14(16)24-18-17-13-3-2-10(20(25)26)5-15(13)28-19(17)23-9-22-18/h6,8-9,13-16H,4-5,7,10-12H2,1-3H3,(H,28,29,30);4,6-7,9-10H,2-3,5,8H2,1H3,(H,25,26)(H,22,23,24)/t14-,15-,16-;10-/m00/s1. The predicted octanol–water partition coefficient (Wildman–Crippen LogP) is 9.11. The summed E-state index contributed by atoms with van der Waals surface area (Å²) in [4.78, 5) is 60.4. The number of nitrogens with one attached hydrogen (secondary N) is 2. The minimum Gasteiger partial charge on any atom is -0.481 e. The summed E-state index contributed by atoms with van der Waals surface area (Å²) in [6.45, 7) is 6.95. The highest BCUT2D eigenvalue weighted by Gasteiger charge is 2.35. The van der Waals surface area contributed by atoms with Gasteiger partial charge in [-0.2, -0.15) is 0 Å². The summed E-state index contributed by atoms with van der Waals surface area (Å²) in [7, 11) is 0. The first-order valence-corrected chi connectivity index (χ1v) is 25.3. The highest BCUT2D eigenvalue weighted by atomic mass is 32.2. The number of aryl methyl sites for hydroxylation is 2. The molecule has 1 amide bonds. The minimum atomic E-state index is -0.711. The van der Waals surface area contributed by atoms with Gasteiger partial charge in [-0.15, -0.1) is 46.2 Å². The number of aromatic nitrogens is 4.